The average molecular weight is 427 g/mol. The van der Waals surface area contributed by atoms with Crippen LogP contribution < -0.4 is 0 Å². The van der Waals surface area contributed by atoms with Gasteiger partial charge in [-0.2, -0.15) is 0 Å². The molecule has 0 saturated heterocycles. The number of hydrogen-bond donors (Lipinski definition) is 1. The molecule has 1 aromatic rings. The molecule has 0 N–H and O–H groups in total. The molecule has 0 aliphatic carbocycles. The molecule has 0 unspecified atom stereocenters. The molecule has 0 aromatic heterocycles. The van der Waals surface area contributed by atoms with Crippen LogP contribution in [0, 0.1) is 0 Å². The van der Waals surface area contributed by atoms with E-state index < -0.39 is 32.3 Å². The summed E-state index contributed by atoms with van der Waals surface area (Å²) in [6.45, 7) is 30.6. The van der Waals surface area contributed by atoms with Crippen LogP contribution in [0.1, 0.15) is 21.5 Å². The Balaban J connectivity index is 3.69. The monoisotopic (exact) mass is 426 g/mol. The first-order valence-electron chi connectivity index (χ1n) is 9.70. The number of rotatable bonds is 6. The van der Waals surface area contributed by atoms with Crippen molar-refractivity contribution in [2.24, 2.45) is 0 Å². The van der Waals surface area contributed by atoms with Gasteiger partial charge in [0.05, 0.1) is 0 Å². The maximum Gasteiger partial charge on any atom is 0.0493 e. The van der Waals surface area contributed by atoms with Crippen LogP contribution in [0.25, 0.3) is 0 Å². The Bertz CT molecular complexity index is 520. The van der Waals surface area contributed by atoms with E-state index in [0.29, 0.717) is 0 Å². The van der Waals surface area contributed by atoms with Gasteiger partial charge in [-0.3, -0.25) is 0 Å². The Labute approximate surface area is 167 Å². The molecule has 0 atom stereocenters. The third-order valence-electron chi connectivity index (χ3n) is 5.18. The molecule has 144 valence electrons. The van der Waals surface area contributed by atoms with Crippen molar-refractivity contribution >= 4 is 44.9 Å². The zero-order valence-corrected chi connectivity index (χ0v) is 23.7. The Kier molecular flexibility index (Phi) is 7.00. The van der Waals surface area contributed by atoms with E-state index in [1.165, 1.54) is 4.90 Å². The summed E-state index contributed by atoms with van der Waals surface area (Å²) in [6, 6.07) is 7.14. The summed E-state index contributed by atoms with van der Waals surface area (Å²) < 4.78 is 0. The van der Waals surface area contributed by atoms with E-state index in [-0.39, 0.29) is 0 Å². The van der Waals surface area contributed by atoms with Crippen LogP contribution in [-0.4, -0.2) is 32.3 Å². The van der Waals surface area contributed by atoms with Gasteiger partial charge in [0.25, 0.3) is 0 Å². The maximum atomic E-state index is 5.21. The first kappa shape index (κ1) is 23.5. The molecule has 0 fully saturated rings. The fourth-order valence-electron chi connectivity index (χ4n) is 5.51. The van der Waals surface area contributed by atoms with Crippen LogP contribution in [-0.2, 0) is 0 Å². The van der Waals surface area contributed by atoms with Gasteiger partial charge in [-0.25, -0.2) is 0 Å². The largest absolute Gasteiger partial charge is 0.143 e. The van der Waals surface area contributed by atoms with Crippen molar-refractivity contribution in [3.8, 4) is 0 Å². The second-order valence-corrected chi connectivity index (χ2v) is 35.0. The van der Waals surface area contributed by atoms with Crippen LogP contribution in [0.15, 0.2) is 23.1 Å². The predicted octanol–water partition coefficient (Wildman–Crippen LogP) is 7.65. The number of thiol groups is 1. The van der Waals surface area contributed by atoms with E-state index in [1.54, 1.807) is 11.1 Å². The van der Waals surface area contributed by atoms with Gasteiger partial charge in [-0.15, -0.1) is 12.6 Å². The minimum atomic E-state index is -1.31. The summed E-state index contributed by atoms with van der Waals surface area (Å²) in [7, 11) is -5.23. The smallest absolute Gasteiger partial charge is 0.0493 e. The molecule has 0 aliphatic heterocycles. The van der Waals surface area contributed by atoms with E-state index in [0.717, 1.165) is 10.3 Å². The highest BCUT2D eigenvalue weighted by atomic mass is 32.1. The molecule has 25 heavy (non-hydrogen) atoms. The average Bonchev–Trinajstić information content (AvgIpc) is 2.26. The standard InChI is InChI=1S/C20H42SSi4/c1-22(2,3)19(23(4,5)6)16-14-13-15-17(18(16)21)20(24(7,8)9)25(10,11)12/h13-15,19-21H,1-12H3. The lowest BCUT2D eigenvalue weighted by molar-refractivity contribution is 1.05. The fourth-order valence-corrected chi connectivity index (χ4v) is 31.9. The van der Waals surface area contributed by atoms with Gasteiger partial charge in [-0.1, -0.05) is 96.8 Å². The quantitative estimate of drug-likeness (QED) is 0.350. The van der Waals surface area contributed by atoms with Crippen LogP contribution in [0.2, 0.25) is 78.6 Å². The molecule has 0 spiro atoms. The molecule has 0 aliphatic rings. The lowest BCUT2D eigenvalue weighted by Crippen LogP contribution is -2.48. The van der Waals surface area contributed by atoms with Crippen LogP contribution in [0.4, 0.5) is 0 Å². The highest BCUT2D eigenvalue weighted by molar-refractivity contribution is 7.80. The SMILES string of the molecule is C[Si](C)(C)C(c1cccc(C([Si](C)(C)C)[Si](C)(C)C)c1S)[Si](C)(C)C. The molecular weight excluding hydrogens is 385 g/mol. The first-order chi connectivity index (χ1) is 10.9. The second-order valence-electron chi connectivity index (χ2n) is 12.1. The van der Waals surface area contributed by atoms with Gasteiger partial charge in [0, 0.05) is 37.2 Å². The van der Waals surface area contributed by atoms with Gasteiger partial charge >= 0.3 is 0 Å². The van der Waals surface area contributed by atoms with E-state index >= 15 is 0 Å². The van der Waals surface area contributed by atoms with Crippen LogP contribution in [0.3, 0.4) is 0 Å². The normalized spacial score (nSPS) is 14.5. The van der Waals surface area contributed by atoms with Crippen molar-refractivity contribution in [1.82, 2.24) is 0 Å². The topological polar surface area (TPSA) is 0 Å². The summed E-state index contributed by atoms with van der Waals surface area (Å²) in [5.41, 5.74) is 3.14. The summed E-state index contributed by atoms with van der Waals surface area (Å²) in [5, 5.41) is 1.52. The van der Waals surface area contributed by atoms with E-state index in [4.69, 9.17) is 12.6 Å². The molecule has 0 amide bonds. The molecule has 0 nitrogen and oxygen atoms in total. The maximum absolute atomic E-state index is 5.21. The molecular formula is C20H42SSi4. The van der Waals surface area contributed by atoms with Gasteiger partial charge < -0.3 is 0 Å². The van der Waals surface area contributed by atoms with Crippen molar-refractivity contribution in [3.63, 3.8) is 0 Å². The molecule has 0 saturated carbocycles. The molecule has 0 bridgehead atoms. The third kappa shape index (κ3) is 5.71. The molecule has 0 heterocycles. The summed E-state index contributed by atoms with van der Waals surface area (Å²) in [4.78, 5) is 1.34. The second kappa shape index (κ2) is 7.45. The molecule has 1 rings (SSSR count). The zero-order chi connectivity index (χ0) is 20.0. The fraction of sp³-hybridized carbons (Fsp3) is 0.700. The zero-order valence-electron chi connectivity index (χ0n) is 18.8. The van der Waals surface area contributed by atoms with Crippen molar-refractivity contribution in [1.29, 1.82) is 0 Å². The first-order valence-corrected chi connectivity index (χ1v) is 24.5. The van der Waals surface area contributed by atoms with Gasteiger partial charge in [0.1, 0.15) is 0 Å². The van der Waals surface area contributed by atoms with Crippen LogP contribution in [0.5, 0.6) is 0 Å². The Hall–Kier alpha value is 0.438. The summed E-state index contributed by atoms with van der Waals surface area (Å²) in [6.07, 6.45) is 0. The van der Waals surface area contributed by atoms with Crippen molar-refractivity contribution in [2.75, 3.05) is 0 Å². The van der Waals surface area contributed by atoms with Gasteiger partial charge in [0.2, 0.25) is 0 Å². The van der Waals surface area contributed by atoms with Crippen molar-refractivity contribution in [3.05, 3.63) is 29.3 Å². The van der Waals surface area contributed by atoms with E-state index in [1.807, 2.05) is 0 Å². The molecule has 1 aromatic carbocycles. The van der Waals surface area contributed by atoms with Crippen molar-refractivity contribution in [2.45, 2.75) is 93.8 Å². The minimum absolute atomic E-state index is 0.761. The number of hydrogen-bond acceptors (Lipinski definition) is 1. The summed E-state index contributed by atoms with van der Waals surface area (Å²) >= 11 is 5.21. The highest BCUT2D eigenvalue weighted by Gasteiger charge is 2.43. The van der Waals surface area contributed by atoms with Crippen LogP contribution >= 0.6 is 12.6 Å². The third-order valence-corrected chi connectivity index (χ3v) is 24.3. The lowest BCUT2D eigenvalue weighted by Gasteiger charge is -2.42. The minimum Gasteiger partial charge on any atom is -0.143 e. The van der Waals surface area contributed by atoms with Gasteiger partial charge in [-0.05, 0) is 21.5 Å². The number of benzene rings is 1. The van der Waals surface area contributed by atoms with E-state index in [2.05, 4.69) is 96.8 Å². The Morgan fingerprint density at radius 2 is 0.800 bits per heavy atom. The Morgan fingerprint density at radius 3 is 1.00 bits per heavy atom. The highest BCUT2D eigenvalue weighted by Crippen LogP contribution is 2.44. The Morgan fingerprint density at radius 1 is 0.560 bits per heavy atom. The predicted molar refractivity (Wildman–Crippen MR) is 133 cm³/mol. The molecule has 0 radical (unpaired) electrons. The van der Waals surface area contributed by atoms with Gasteiger partial charge in [0.15, 0.2) is 0 Å². The van der Waals surface area contributed by atoms with E-state index in [9.17, 15) is 0 Å². The molecule has 5 heteroatoms. The van der Waals surface area contributed by atoms with Crippen molar-refractivity contribution < 1.29 is 0 Å². The lowest BCUT2D eigenvalue weighted by atomic mass is 10.1. The summed E-state index contributed by atoms with van der Waals surface area (Å²) in [5.74, 6) is 0.